The van der Waals surface area contributed by atoms with Crippen molar-refractivity contribution in [3.05, 3.63) is 77.5 Å². The number of rotatable bonds is 6. The third kappa shape index (κ3) is 4.03. The van der Waals surface area contributed by atoms with Crippen molar-refractivity contribution in [1.82, 2.24) is 19.4 Å². The molecule has 1 saturated heterocycles. The van der Waals surface area contributed by atoms with Gasteiger partial charge in [-0.05, 0) is 31.5 Å². The van der Waals surface area contributed by atoms with E-state index in [1.165, 1.54) is 17.1 Å². The van der Waals surface area contributed by atoms with Crippen LogP contribution in [0.15, 0.2) is 54.7 Å². The normalized spacial score (nSPS) is 17.3. The molecular weight excluding hydrogens is 336 g/mol. The molecule has 2 aromatic heterocycles. The SMILES string of the molecule is COc1cccc(CN2CCC(c3ncc(C)n3Cc3ccccc3)C2)n1. The number of aromatic nitrogens is 3. The van der Waals surface area contributed by atoms with Crippen LogP contribution in [0.3, 0.4) is 0 Å². The maximum absolute atomic E-state index is 5.24. The topological polar surface area (TPSA) is 43.2 Å². The van der Waals surface area contributed by atoms with Crippen molar-refractivity contribution in [2.45, 2.75) is 32.4 Å². The Labute approximate surface area is 160 Å². The molecule has 0 aliphatic carbocycles. The van der Waals surface area contributed by atoms with E-state index in [9.17, 15) is 0 Å². The Morgan fingerprint density at radius 2 is 1.93 bits per heavy atom. The molecule has 0 spiro atoms. The molecule has 27 heavy (non-hydrogen) atoms. The molecule has 5 heteroatoms. The maximum Gasteiger partial charge on any atom is 0.213 e. The Kier molecular flexibility index (Phi) is 5.21. The molecule has 1 aliphatic rings. The fourth-order valence-corrected chi connectivity index (χ4v) is 3.85. The number of hydrogen-bond donors (Lipinski definition) is 0. The van der Waals surface area contributed by atoms with Gasteiger partial charge in [-0.15, -0.1) is 0 Å². The third-order valence-electron chi connectivity index (χ3n) is 5.28. The molecule has 0 saturated carbocycles. The zero-order valence-electron chi connectivity index (χ0n) is 16.0. The Bertz CT molecular complexity index is 890. The summed E-state index contributed by atoms with van der Waals surface area (Å²) in [7, 11) is 1.66. The highest BCUT2D eigenvalue weighted by atomic mass is 16.5. The van der Waals surface area contributed by atoms with E-state index >= 15 is 0 Å². The molecule has 1 atom stereocenters. The average Bonchev–Trinajstić information content (AvgIpc) is 3.30. The van der Waals surface area contributed by atoms with Gasteiger partial charge in [0.15, 0.2) is 0 Å². The Morgan fingerprint density at radius 1 is 1.07 bits per heavy atom. The molecule has 1 unspecified atom stereocenters. The second kappa shape index (κ2) is 7.92. The molecule has 3 aromatic rings. The van der Waals surface area contributed by atoms with Gasteiger partial charge in [-0.25, -0.2) is 9.97 Å². The van der Waals surface area contributed by atoms with Gasteiger partial charge in [-0.2, -0.15) is 0 Å². The summed E-state index contributed by atoms with van der Waals surface area (Å²) in [6.45, 7) is 5.97. The summed E-state index contributed by atoms with van der Waals surface area (Å²) >= 11 is 0. The van der Waals surface area contributed by atoms with Gasteiger partial charge in [0.1, 0.15) is 5.82 Å². The maximum atomic E-state index is 5.24. The van der Waals surface area contributed by atoms with Crippen LogP contribution in [0.5, 0.6) is 5.88 Å². The highest BCUT2D eigenvalue weighted by Gasteiger charge is 2.28. The largest absolute Gasteiger partial charge is 0.481 e. The lowest BCUT2D eigenvalue weighted by Gasteiger charge is -2.17. The first-order valence-corrected chi connectivity index (χ1v) is 9.51. The van der Waals surface area contributed by atoms with Crippen molar-refractivity contribution in [2.75, 3.05) is 20.2 Å². The van der Waals surface area contributed by atoms with Crippen LogP contribution in [0.4, 0.5) is 0 Å². The van der Waals surface area contributed by atoms with Crippen LogP contribution >= 0.6 is 0 Å². The van der Waals surface area contributed by atoms with Crippen LogP contribution < -0.4 is 4.74 Å². The van der Waals surface area contributed by atoms with Crippen molar-refractivity contribution in [3.63, 3.8) is 0 Å². The van der Waals surface area contributed by atoms with Crippen LogP contribution in [-0.2, 0) is 13.1 Å². The minimum Gasteiger partial charge on any atom is -0.481 e. The summed E-state index contributed by atoms with van der Waals surface area (Å²) in [6, 6.07) is 16.6. The van der Waals surface area contributed by atoms with E-state index in [4.69, 9.17) is 9.72 Å². The summed E-state index contributed by atoms with van der Waals surface area (Å²) < 4.78 is 7.61. The smallest absolute Gasteiger partial charge is 0.213 e. The van der Waals surface area contributed by atoms with Crippen LogP contribution in [0, 0.1) is 6.92 Å². The zero-order valence-corrected chi connectivity index (χ0v) is 16.0. The van der Waals surface area contributed by atoms with E-state index in [0.29, 0.717) is 11.8 Å². The van der Waals surface area contributed by atoms with Gasteiger partial charge in [0, 0.05) is 43.5 Å². The minimum atomic E-state index is 0.466. The van der Waals surface area contributed by atoms with Gasteiger partial charge in [-0.1, -0.05) is 36.4 Å². The molecule has 1 aliphatic heterocycles. The molecule has 1 fully saturated rings. The number of methoxy groups -OCH3 is 1. The number of pyridine rings is 1. The highest BCUT2D eigenvalue weighted by Crippen LogP contribution is 2.28. The van der Waals surface area contributed by atoms with Crippen molar-refractivity contribution in [2.24, 2.45) is 0 Å². The number of aryl methyl sites for hydroxylation is 1. The Morgan fingerprint density at radius 3 is 2.74 bits per heavy atom. The Hall–Kier alpha value is -2.66. The van der Waals surface area contributed by atoms with Gasteiger partial charge in [0.05, 0.1) is 12.8 Å². The lowest BCUT2D eigenvalue weighted by molar-refractivity contribution is 0.317. The summed E-state index contributed by atoms with van der Waals surface area (Å²) in [6.07, 6.45) is 3.14. The highest BCUT2D eigenvalue weighted by molar-refractivity contribution is 5.20. The van der Waals surface area contributed by atoms with E-state index in [0.717, 1.165) is 38.3 Å². The number of hydrogen-bond acceptors (Lipinski definition) is 4. The number of imidazole rings is 1. The molecule has 0 amide bonds. The summed E-state index contributed by atoms with van der Waals surface area (Å²) in [4.78, 5) is 11.8. The number of nitrogens with zero attached hydrogens (tertiary/aromatic N) is 4. The van der Waals surface area contributed by atoms with Crippen molar-refractivity contribution >= 4 is 0 Å². The van der Waals surface area contributed by atoms with Gasteiger partial charge in [0.25, 0.3) is 0 Å². The molecule has 0 bridgehead atoms. The lowest BCUT2D eigenvalue weighted by atomic mass is 10.1. The van der Waals surface area contributed by atoms with E-state index in [1.54, 1.807) is 7.11 Å². The fourth-order valence-electron chi connectivity index (χ4n) is 3.85. The molecular formula is C22H26N4O. The molecule has 4 rings (SSSR count). The molecule has 3 heterocycles. The predicted molar refractivity (Wildman–Crippen MR) is 106 cm³/mol. The van der Waals surface area contributed by atoms with Crippen molar-refractivity contribution in [3.8, 4) is 5.88 Å². The first-order valence-electron chi connectivity index (χ1n) is 9.51. The number of benzene rings is 1. The van der Waals surface area contributed by atoms with Gasteiger partial charge in [-0.3, -0.25) is 4.90 Å². The van der Waals surface area contributed by atoms with E-state index in [-0.39, 0.29) is 0 Å². The van der Waals surface area contributed by atoms with E-state index in [1.807, 2.05) is 18.3 Å². The summed E-state index contributed by atoms with van der Waals surface area (Å²) in [5.41, 5.74) is 3.59. The first kappa shape index (κ1) is 17.7. The predicted octanol–water partition coefficient (Wildman–Crippen LogP) is 3.63. The van der Waals surface area contributed by atoms with Crippen LogP contribution in [-0.4, -0.2) is 39.6 Å². The lowest BCUT2D eigenvalue weighted by Crippen LogP contribution is -2.21. The van der Waals surface area contributed by atoms with Crippen molar-refractivity contribution in [1.29, 1.82) is 0 Å². The molecule has 1 aromatic carbocycles. The minimum absolute atomic E-state index is 0.466. The van der Waals surface area contributed by atoms with E-state index in [2.05, 4.69) is 57.8 Å². The first-order chi connectivity index (χ1) is 13.2. The second-order valence-corrected chi connectivity index (χ2v) is 7.22. The molecule has 0 radical (unpaired) electrons. The average molecular weight is 362 g/mol. The monoisotopic (exact) mass is 362 g/mol. The van der Waals surface area contributed by atoms with Gasteiger partial charge >= 0.3 is 0 Å². The quantitative estimate of drug-likeness (QED) is 0.672. The zero-order chi connectivity index (χ0) is 18.6. The number of likely N-dealkylation sites (tertiary alicyclic amines) is 1. The molecule has 140 valence electrons. The molecule has 0 N–H and O–H groups in total. The molecule has 5 nitrogen and oxygen atoms in total. The number of ether oxygens (including phenoxy) is 1. The van der Waals surface area contributed by atoms with Crippen LogP contribution in [0.2, 0.25) is 0 Å². The third-order valence-corrected chi connectivity index (χ3v) is 5.28. The van der Waals surface area contributed by atoms with Crippen LogP contribution in [0.1, 0.15) is 35.1 Å². The fraction of sp³-hybridized carbons (Fsp3) is 0.364. The van der Waals surface area contributed by atoms with Gasteiger partial charge < -0.3 is 9.30 Å². The van der Waals surface area contributed by atoms with Crippen molar-refractivity contribution < 1.29 is 4.74 Å². The standard InChI is InChI=1S/C22H26N4O/c1-17-13-23-22(26(17)14-18-7-4-3-5-8-18)19-11-12-25(15-19)16-20-9-6-10-21(24-20)27-2/h3-10,13,19H,11-12,14-16H2,1-2H3. The van der Waals surface area contributed by atoms with Gasteiger partial charge in [0.2, 0.25) is 5.88 Å². The Balaban J connectivity index is 1.46. The van der Waals surface area contributed by atoms with E-state index < -0.39 is 0 Å². The summed E-state index contributed by atoms with van der Waals surface area (Å²) in [5, 5.41) is 0. The second-order valence-electron chi connectivity index (χ2n) is 7.22. The van der Waals surface area contributed by atoms with Crippen LogP contribution in [0.25, 0.3) is 0 Å². The summed E-state index contributed by atoms with van der Waals surface area (Å²) in [5.74, 6) is 2.35.